The number of nitrogens with two attached hydrogens (primary N) is 1. The Hall–Kier alpha value is -1.16. The van der Waals surface area contributed by atoms with Crippen molar-refractivity contribution < 1.29 is 22.4 Å². The molecule has 0 bridgehead atoms. The van der Waals surface area contributed by atoms with Crippen molar-refractivity contribution in [2.75, 3.05) is 12.3 Å². The summed E-state index contributed by atoms with van der Waals surface area (Å²) in [5.74, 6) is -0.788. The van der Waals surface area contributed by atoms with Gasteiger partial charge in [0, 0.05) is 0 Å². The van der Waals surface area contributed by atoms with E-state index >= 15 is 4.39 Å². The first kappa shape index (κ1) is 34.3. The van der Waals surface area contributed by atoms with Crippen LogP contribution in [0.3, 0.4) is 0 Å². The van der Waals surface area contributed by atoms with Crippen molar-refractivity contribution >= 4 is 41.8 Å². The van der Waals surface area contributed by atoms with E-state index in [1.165, 1.54) is 6.20 Å². The van der Waals surface area contributed by atoms with Crippen molar-refractivity contribution in [3.8, 4) is 0 Å². The second kappa shape index (κ2) is 11.1. The maximum Gasteiger partial charge on any atom is 0.192 e. The Kier molecular flexibility index (Phi) is 9.28. The fraction of sp³-hybridized carbons (Fsp3) is 0.793. The minimum Gasteiger partial charge on any atom is -0.414 e. The molecule has 0 unspecified atom stereocenters. The fourth-order valence-electron chi connectivity index (χ4n) is 4.07. The normalized spacial score (nSPS) is 23.5. The van der Waals surface area contributed by atoms with Crippen LogP contribution in [0.25, 0.3) is 11.0 Å². The second-order valence-corrected chi connectivity index (χ2v) is 30.5. The molecule has 2 aromatic rings. The maximum absolute atomic E-state index is 15.5. The number of nitrogens with zero attached hydrogens (tertiary/aromatic N) is 3. The van der Waals surface area contributed by atoms with Crippen molar-refractivity contribution in [2.45, 2.75) is 141 Å². The van der Waals surface area contributed by atoms with Crippen LogP contribution in [0.15, 0.2) is 12.5 Å². The number of ether oxygens (including phenoxy) is 1. The van der Waals surface area contributed by atoms with Crippen LogP contribution < -0.4 is 5.73 Å². The summed E-state index contributed by atoms with van der Waals surface area (Å²) in [6.07, 6.45) is 1.06. The van der Waals surface area contributed by atoms with Crippen LogP contribution in [0.2, 0.25) is 54.4 Å². The number of anilines is 1. The summed E-state index contributed by atoms with van der Waals surface area (Å²) in [6, 6.07) is 0. The van der Waals surface area contributed by atoms with Gasteiger partial charge < -0.3 is 23.7 Å². The topological polar surface area (TPSA) is 93.7 Å². The minimum absolute atomic E-state index is 0.0338. The molecule has 2 N–H and O–H groups in total. The molecule has 0 spiro atoms. The summed E-state index contributed by atoms with van der Waals surface area (Å²) < 4.78 is 45.1. The van der Waals surface area contributed by atoms with Crippen molar-refractivity contribution in [2.24, 2.45) is 0 Å². The molecule has 12 heteroatoms. The van der Waals surface area contributed by atoms with Crippen molar-refractivity contribution in [1.29, 1.82) is 0 Å². The second-order valence-electron chi connectivity index (χ2n) is 16.2. The van der Waals surface area contributed by atoms with Gasteiger partial charge in [0.1, 0.15) is 29.3 Å². The summed E-state index contributed by atoms with van der Waals surface area (Å²) >= 11 is 0. The number of nitrogen functional groups attached to an aromatic ring is 1. The fourth-order valence-corrected chi connectivity index (χ4v) is 7.69. The first-order valence-corrected chi connectivity index (χ1v) is 23.4. The Balaban J connectivity index is 2.19. The molecule has 0 aliphatic carbocycles. The first-order valence-electron chi connectivity index (χ1n) is 14.7. The van der Waals surface area contributed by atoms with E-state index in [4.69, 9.17) is 23.7 Å². The molecule has 1 aliphatic heterocycles. The van der Waals surface area contributed by atoms with Gasteiger partial charge in [-0.25, -0.2) is 14.4 Å². The lowest BCUT2D eigenvalue weighted by molar-refractivity contribution is -0.0470. The minimum atomic E-state index is -2.34. The lowest BCUT2D eigenvalue weighted by Crippen LogP contribution is -2.54. The summed E-state index contributed by atoms with van der Waals surface area (Å²) in [4.78, 5) is 8.42. The van der Waals surface area contributed by atoms with Gasteiger partial charge in [0.05, 0.1) is 19.1 Å². The van der Waals surface area contributed by atoms with E-state index in [0.29, 0.717) is 12.1 Å². The highest BCUT2D eigenvalue weighted by atomic mass is 28.4. The molecule has 234 valence electrons. The molecule has 0 radical (unpaired) electrons. The molecule has 1 saturated heterocycles. The predicted molar refractivity (Wildman–Crippen MR) is 173 cm³/mol. The van der Waals surface area contributed by atoms with Gasteiger partial charge in [-0.2, -0.15) is 0 Å². The molecular formula is C29H55FN4O4Si3. The monoisotopic (exact) mass is 626 g/mol. The lowest BCUT2D eigenvalue weighted by Gasteiger charge is -2.44. The third-order valence-corrected chi connectivity index (χ3v) is 23.5. The Morgan fingerprint density at radius 2 is 1.32 bits per heavy atom. The number of rotatable bonds is 8. The first-order chi connectivity index (χ1) is 18.3. The van der Waals surface area contributed by atoms with Crippen LogP contribution in [0, 0.1) is 5.82 Å². The van der Waals surface area contributed by atoms with E-state index in [2.05, 4.69) is 112 Å². The number of imidazole rings is 1. The molecular weight excluding hydrogens is 572 g/mol. The number of halogens is 1. The van der Waals surface area contributed by atoms with Gasteiger partial charge >= 0.3 is 0 Å². The lowest BCUT2D eigenvalue weighted by atomic mass is 10.1. The summed E-state index contributed by atoms with van der Waals surface area (Å²) in [6.45, 7) is 33.8. The zero-order chi connectivity index (χ0) is 31.6. The van der Waals surface area contributed by atoms with E-state index in [9.17, 15) is 0 Å². The Morgan fingerprint density at radius 3 is 1.80 bits per heavy atom. The van der Waals surface area contributed by atoms with Crippen LogP contribution in [-0.2, 0) is 18.0 Å². The van der Waals surface area contributed by atoms with Gasteiger partial charge in [-0.1, -0.05) is 62.3 Å². The van der Waals surface area contributed by atoms with E-state index < -0.39 is 55.3 Å². The van der Waals surface area contributed by atoms with Gasteiger partial charge in [0.15, 0.2) is 42.8 Å². The van der Waals surface area contributed by atoms with Crippen molar-refractivity contribution in [3.05, 3.63) is 18.3 Å². The third kappa shape index (κ3) is 6.83. The molecule has 0 aromatic carbocycles. The Bertz CT molecular complexity index is 1230. The average Bonchev–Trinajstić information content (AvgIpc) is 3.34. The molecule has 3 heterocycles. The number of aromatic nitrogens is 3. The Morgan fingerprint density at radius 1 is 0.829 bits per heavy atom. The van der Waals surface area contributed by atoms with Crippen LogP contribution in [0.1, 0.15) is 68.5 Å². The zero-order valence-corrected chi connectivity index (χ0v) is 31.1. The van der Waals surface area contributed by atoms with Gasteiger partial charge in [-0.15, -0.1) is 0 Å². The van der Waals surface area contributed by atoms with Gasteiger partial charge in [0.2, 0.25) is 0 Å². The van der Waals surface area contributed by atoms with Crippen molar-refractivity contribution in [1.82, 2.24) is 14.5 Å². The molecule has 0 amide bonds. The standard InChI is InChI=1S/C29H55FN4O4Si3/c1-27(2,3)39(10,11)35-17-20-23(37-40(12,13)28(4,5)6)24(38-41(14,15)29(7,8)9)26(36-20)34-18-33-19-16-32-25(31)21(30)22(19)34/h16,18,20,23-24,26H,17H2,1-15H3,(H2,31,32)/t20-,23-,24-,26-/m1/s1. The van der Waals surface area contributed by atoms with Gasteiger partial charge in [0.25, 0.3) is 0 Å². The predicted octanol–water partition coefficient (Wildman–Crippen LogP) is 7.85. The molecule has 4 atom stereocenters. The maximum atomic E-state index is 15.5. The highest BCUT2D eigenvalue weighted by Crippen LogP contribution is 2.47. The van der Waals surface area contributed by atoms with E-state index in [1.54, 1.807) is 10.9 Å². The van der Waals surface area contributed by atoms with Crippen LogP contribution >= 0.6 is 0 Å². The molecule has 1 fully saturated rings. The highest BCUT2D eigenvalue weighted by Gasteiger charge is 2.55. The number of hydrogen-bond donors (Lipinski definition) is 1. The molecule has 2 aromatic heterocycles. The van der Waals surface area contributed by atoms with Gasteiger partial charge in [-0.05, 0) is 54.4 Å². The summed E-state index contributed by atoms with van der Waals surface area (Å²) in [5.41, 5.74) is 6.57. The molecule has 1 aliphatic rings. The molecule has 41 heavy (non-hydrogen) atoms. The molecule has 0 saturated carbocycles. The van der Waals surface area contributed by atoms with Crippen molar-refractivity contribution in [3.63, 3.8) is 0 Å². The molecule has 8 nitrogen and oxygen atoms in total. The van der Waals surface area contributed by atoms with Gasteiger partial charge in [-0.3, -0.25) is 4.57 Å². The quantitative estimate of drug-likeness (QED) is 0.298. The number of hydrogen-bond acceptors (Lipinski definition) is 7. The van der Waals surface area contributed by atoms with Crippen LogP contribution in [0.5, 0.6) is 0 Å². The Labute approximate surface area is 250 Å². The number of pyridine rings is 1. The van der Waals surface area contributed by atoms with E-state index in [1.807, 2.05) is 0 Å². The highest BCUT2D eigenvalue weighted by molar-refractivity contribution is 6.75. The summed E-state index contributed by atoms with van der Waals surface area (Å²) in [7, 11) is -6.74. The number of fused-ring (bicyclic) bond motifs is 1. The van der Waals surface area contributed by atoms with Crippen LogP contribution in [-0.4, -0.2) is 64.4 Å². The SMILES string of the molecule is CC(C)(C)[Si](C)(C)OC[C@H]1O[C@@H](n2cnc3cnc(N)c(F)c32)[C@H](O[Si](C)(C)C(C)(C)C)[C@@H]1O[Si](C)(C)C(C)(C)C. The zero-order valence-electron chi connectivity index (χ0n) is 28.1. The third-order valence-electron chi connectivity index (χ3n) is 10.0. The largest absolute Gasteiger partial charge is 0.414 e. The summed E-state index contributed by atoms with van der Waals surface area (Å²) in [5, 5.41) is -0.0666. The van der Waals surface area contributed by atoms with E-state index in [-0.39, 0.29) is 26.4 Å². The van der Waals surface area contributed by atoms with Crippen LogP contribution in [0.4, 0.5) is 10.2 Å². The smallest absolute Gasteiger partial charge is 0.192 e. The molecule has 3 rings (SSSR count). The van der Waals surface area contributed by atoms with E-state index in [0.717, 1.165) is 0 Å². The average molecular weight is 627 g/mol.